The molecule has 9 nitrogen and oxygen atoms in total. The zero-order chi connectivity index (χ0) is 24.0. The molecule has 0 bridgehead atoms. The minimum absolute atomic E-state index is 0.0256. The number of ether oxygens (including phenoxy) is 2. The summed E-state index contributed by atoms with van der Waals surface area (Å²) in [5.41, 5.74) is -0.0256. The first-order valence-corrected chi connectivity index (χ1v) is 12.9. The first-order valence-electron chi connectivity index (χ1n) is 11.4. The fourth-order valence-electron chi connectivity index (χ4n) is 4.31. The van der Waals surface area contributed by atoms with Crippen LogP contribution in [0.25, 0.3) is 0 Å². The van der Waals surface area contributed by atoms with Crippen molar-refractivity contribution in [3.8, 4) is 0 Å². The van der Waals surface area contributed by atoms with Crippen LogP contribution in [0.3, 0.4) is 0 Å². The molecule has 0 radical (unpaired) electrons. The van der Waals surface area contributed by atoms with E-state index in [1.54, 1.807) is 24.0 Å². The molecular formula is C23H32N2O7S. The summed E-state index contributed by atoms with van der Waals surface area (Å²) in [5.74, 6) is -1.86. The van der Waals surface area contributed by atoms with Gasteiger partial charge in [-0.05, 0) is 44.7 Å². The third-order valence-electron chi connectivity index (χ3n) is 6.26. The third kappa shape index (κ3) is 5.92. The number of sulfonamides is 1. The fourth-order valence-corrected chi connectivity index (χ4v) is 5.96. The lowest BCUT2D eigenvalue weighted by Crippen LogP contribution is -2.44. The van der Waals surface area contributed by atoms with Gasteiger partial charge in [-0.2, -0.15) is 4.31 Å². The van der Waals surface area contributed by atoms with Crippen LogP contribution in [-0.4, -0.2) is 74.9 Å². The van der Waals surface area contributed by atoms with Crippen molar-refractivity contribution in [2.45, 2.75) is 56.4 Å². The Labute approximate surface area is 195 Å². The largest absolute Gasteiger partial charge is 0.465 e. The molecule has 2 aliphatic rings. The molecule has 33 heavy (non-hydrogen) atoms. The summed E-state index contributed by atoms with van der Waals surface area (Å²) in [7, 11) is -2.74. The maximum atomic E-state index is 13.1. The number of benzene rings is 1. The number of carbonyl (C=O) groups excluding carboxylic acids is 3. The molecule has 2 saturated heterocycles. The van der Waals surface area contributed by atoms with Gasteiger partial charge in [0.05, 0.1) is 23.5 Å². The predicted molar refractivity (Wildman–Crippen MR) is 120 cm³/mol. The van der Waals surface area contributed by atoms with Crippen molar-refractivity contribution in [3.63, 3.8) is 0 Å². The molecule has 1 aromatic rings. The minimum Gasteiger partial charge on any atom is -0.465 e. The fraction of sp³-hybridized carbons (Fsp3) is 0.609. The highest BCUT2D eigenvalue weighted by Gasteiger charge is 2.36. The van der Waals surface area contributed by atoms with E-state index >= 15 is 0 Å². The molecule has 182 valence electrons. The van der Waals surface area contributed by atoms with E-state index in [1.807, 2.05) is 0 Å². The van der Waals surface area contributed by atoms with Crippen LogP contribution in [0, 0.1) is 5.92 Å². The highest BCUT2D eigenvalue weighted by atomic mass is 32.2. The van der Waals surface area contributed by atoms with Crippen molar-refractivity contribution in [3.05, 3.63) is 29.8 Å². The molecule has 2 fully saturated rings. The molecule has 0 saturated carbocycles. The summed E-state index contributed by atoms with van der Waals surface area (Å²) < 4.78 is 37.7. The van der Waals surface area contributed by atoms with Crippen LogP contribution in [0.5, 0.6) is 0 Å². The molecule has 1 amide bonds. The third-order valence-corrected chi connectivity index (χ3v) is 8.21. The monoisotopic (exact) mass is 480 g/mol. The first kappa shape index (κ1) is 25.2. The van der Waals surface area contributed by atoms with E-state index in [2.05, 4.69) is 0 Å². The number of piperidine rings is 1. The molecular weight excluding hydrogens is 448 g/mol. The lowest BCUT2D eigenvalue weighted by Gasteiger charge is -2.31. The van der Waals surface area contributed by atoms with Gasteiger partial charge in [-0.25, -0.2) is 13.2 Å². The number of amides is 1. The maximum absolute atomic E-state index is 13.1. The molecule has 0 aromatic heterocycles. The van der Waals surface area contributed by atoms with Crippen molar-refractivity contribution < 1.29 is 32.3 Å². The number of hydrogen-bond acceptors (Lipinski definition) is 7. The van der Waals surface area contributed by atoms with Crippen molar-refractivity contribution in [2.75, 3.05) is 33.3 Å². The summed E-state index contributed by atoms with van der Waals surface area (Å²) in [6.45, 7) is 3.20. The number of likely N-dealkylation sites (tertiary alicyclic amines) is 1. The van der Waals surface area contributed by atoms with Crippen LogP contribution in [0.4, 0.5) is 0 Å². The van der Waals surface area contributed by atoms with E-state index in [-0.39, 0.29) is 42.3 Å². The van der Waals surface area contributed by atoms with Gasteiger partial charge in [-0.15, -0.1) is 0 Å². The molecule has 2 aliphatic heterocycles. The average Bonchev–Trinajstić information content (AvgIpc) is 3.12. The Morgan fingerprint density at radius 1 is 0.970 bits per heavy atom. The Bertz CT molecular complexity index is 963. The second-order valence-electron chi connectivity index (χ2n) is 8.48. The van der Waals surface area contributed by atoms with E-state index < -0.39 is 34.0 Å². The molecule has 0 spiro atoms. The molecule has 3 rings (SSSR count). The average molecular weight is 481 g/mol. The van der Waals surface area contributed by atoms with Gasteiger partial charge in [0.15, 0.2) is 6.10 Å². The summed E-state index contributed by atoms with van der Waals surface area (Å²) in [4.78, 5) is 38.9. The van der Waals surface area contributed by atoms with E-state index in [0.717, 1.165) is 25.7 Å². The van der Waals surface area contributed by atoms with Gasteiger partial charge in [0.2, 0.25) is 10.0 Å². The van der Waals surface area contributed by atoms with Gasteiger partial charge in [0.25, 0.3) is 5.91 Å². The van der Waals surface area contributed by atoms with Crippen molar-refractivity contribution >= 4 is 27.9 Å². The molecule has 1 aromatic carbocycles. The number of nitrogens with zero attached hydrogens (tertiary/aromatic N) is 2. The lowest BCUT2D eigenvalue weighted by atomic mass is 9.98. The number of hydrogen-bond donors (Lipinski definition) is 0. The Morgan fingerprint density at radius 3 is 2.18 bits per heavy atom. The topological polar surface area (TPSA) is 110 Å². The van der Waals surface area contributed by atoms with Crippen molar-refractivity contribution in [1.29, 1.82) is 0 Å². The smallest absolute Gasteiger partial charge is 0.339 e. The molecule has 0 unspecified atom stereocenters. The normalized spacial score (nSPS) is 19.4. The van der Waals surface area contributed by atoms with Crippen LogP contribution in [0.1, 0.15) is 55.8 Å². The Morgan fingerprint density at radius 2 is 1.58 bits per heavy atom. The summed E-state index contributed by atoms with van der Waals surface area (Å²) in [5, 5.41) is 0. The van der Waals surface area contributed by atoms with Gasteiger partial charge in [-0.3, -0.25) is 9.59 Å². The Kier molecular flexibility index (Phi) is 8.47. The molecule has 0 N–H and O–H groups in total. The zero-order valence-corrected chi connectivity index (χ0v) is 20.0. The van der Waals surface area contributed by atoms with Gasteiger partial charge < -0.3 is 14.4 Å². The van der Waals surface area contributed by atoms with Crippen molar-refractivity contribution in [1.82, 2.24) is 9.21 Å². The second kappa shape index (κ2) is 11.1. The second-order valence-corrected chi connectivity index (χ2v) is 10.4. The number of carbonyl (C=O) groups is 3. The molecule has 0 aliphatic carbocycles. The highest BCUT2D eigenvalue weighted by Crippen LogP contribution is 2.27. The maximum Gasteiger partial charge on any atom is 0.339 e. The highest BCUT2D eigenvalue weighted by molar-refractivity contribution is 7.89. The first-order chi connectivity index (χ1) is 15.8. The standard InChI is InChI=1S/C23H32N2O7S/c1-17(21(26)24-13-7-3-4-8-14-24)32-22(27)18-11-15-25(16-12-18)33(29,30)20-10-6-5-9-19(20)23(28)31-2/h5-6,9-10,17-18H,3-4,7-8,11-16H2,1-2H3/t17-/m0/s1. The minimum atomic E-state index is -3.93. The molecule has 2 heterocycles. The molecule has 10 heteroatoms. The van der Waals surface area contributed by atoms with E-state index in [9.17, 15) is 22.8 Å². The van der Waals surface area contributed by atoms with Gasteiger partial charge in [0, 0.05) is 26.2 Å². The number of esters is 2. The number of methoxy groups -OCH3 is 1. The van der Waals surface area contributed by atoms with Crippen LogP contribution >= 0.6 is 0 Å². The predicted octanol–water partition coefficient (Wildman–Crippen LogP) is 2.21. The van der Waals surface area contributed by atoms with Gasteiger partial charge in [0.1, 0.15) is 0 Å². The van der Waals surface area contributed by atoms with Crippen LogP contribution < -0.4 is 0 Å². The lowest BCUT2D eigenvalue weighted by molar-refractivity contribution is -0.163. The van der Waals surface area contributed by atoms with Gasteiger partial charge in [-0.1, -0.05) is 25.0 Å². The van der Waals surface area contributed by atoms with Crippen LogP contribution in [-0.2, 0) is 29.1 Å². The quantitative estimate of drug-likeness (QED) is 0.574. The number of rotatable bonds is 6. The van der Waals surface area contributed by atoms with Crippen LogP contribution in [0.15, 0.2) is 29.2 Å². The molecule has 1 atom stereocenters. The van der Waals surface area contributed by atoms with Gasteiger partial charge >= 0.3 is 11.9 Å². The SMILES string of the molecule is COC(=O)c1ccccc1S(=O)(=O)N1CCC(C(=O)O[C@@H](C)C(=O)N2CCCCCC2)CC1. The summed E-state index contributed by atoms with van der Waals surface area (Å²) in [6.07, 6.45) is 3.82. The summed E-state index contributed by atoms with van der Waals surface area (Å²) >= 11 is 0. The van der Waals surface area contributed by atoms with E-state index in [0.29, 0.717) is 13.1 Å². The Balaban J connectivity index is 1.58. The van der Waals surface area contributed by atoms with E-state index in [1.165, 1.54) is 23.5 Å². The summed E-state index contributed by atoms with van der Waals surface area (Å²) in [6, 6.07) is 5.90. The van der Waals surface area contributed by atoms with Crippen LogP contribution in [0.2, 0.25) is 0 Å². The zero-order valence-electron chi connectivity index (χ0n) is 19.2. The van der Waals surface area contributed by atoms with E-state index in [4.69, 9.17) is 9.47 Å². The Hall–Kier alpha value is -2.46. The van der Waals surface area contributed by atoms with Crippen molar-refractivity contribution in [2.24, 2.45) is 5.92 Å².